The van der Waals surface area contributed by atoms with Crippen molar-refractivity contribution in [1.82, 2.24) is 0 Å². The summed E-state index contributed by atoms with van der Waals surface area (Å²) in [5.41, 5.74) is 1.09. The van der Waals surface area contributed by atoms with Crippen molar-refractivity contribution >= 4 is 24.4 Å². The second kappa shape index (κ2) is 12.0. The fraction of sp³-hybridized carbons (Fsp3) is 0.222. The minimum absolute atomic E-state index is 1.00. The van der Waals surface area contributed by atoms with Crippen LogP contribution in [0.3, 0.4) is 0 Å². The Balaban J connectivity index is 0. The lowest BCUT2D eigenvalue weighted by atomic mass is 10.3. The predicted molar refractivity (Wildman–Crippen MR) is 61.3 cm³/mol. The molecule has 0 heterocycles. The zero-order chi connectivity index (χ0) is 11.4. The van der Waals surface area contributed by atoms with E-state index in [1.54, 1.807) is 0 Å². The van der Waals surface area contributed by atoms with Crippen LogP contribution >= 0.6 is 11.9 Å². The van der Waals surface area contributed by atoms with Crippen LogP contribution in [0.25, 0.3) is 0 Å². The van der Waals surface area contributed by atoms with Crippen LogP contribution in [0.1, 0.15) is 0 Å². The van der Waals surface area contributed by atoms with Crippen molar-refractivity contribution in [2.45, 2.75) is 4.90 Å². The topological polar surface area (TPSA) is 75.4 Å². The zero-order valence-corrected chi connectivity index (χ0v) is 9.17. The summed E-state index contributed by atoms with van der Waals surface area (Å²) < 4.78 is 0. The number of aliphatic hydroxyl groups excluding tert-OH is 1. The largest absolute Gasteiger partial charge is 0.400 e. The smallest absolute Gasteiger partial charge is 0.106 e. The molecular formula is C9H16N2O2S. The molecule has 0 fully saturated rings. The minimum atomic E-state index is 1.00. The molecule has 14 heavy (non-hydrogen) atoms. The molecule has 1 rings (SSSR count). The molecule has 0 amide bonds. The SMILES string of the molecule is C=O.CNc1cccc(SN)c1.CO. The molecule has 0 bridgehead atoms. The van der Waals surface area contributed by atoms with Crippen LogP contribution in [0, 0.1) is 0 Å². The molecule has 0 saturated heterocycles. The summed E-state index contributed by atoms with van der Waals surface area (Å²) in [6, 6.07) is 7.96. The van der Waals surface area contributed by atoms with Crippen LogP contribution in [0.15, 0.2) is 29.2 Å². The minimum Gasteiger partial charge on any atom is -0.400 e. The van der Waals surface area contributed by atoms with Crippen molar-refractivity contribution in [2.75, 3.05) is 19.5 Å². The first-order valence-electron chi connectivity index (χ1n) is 3.75. The van der Waals surface area contributed by atoms with Crippen LogP contribution in [-0.4, -0.2) is 26.1 Å². The van der Waals surface area contributed by atoms with Gasteiger partial charge in [-0.1, -0.05) is 6.07 Å². The first kappa shape index (κ1) is 15.4. The Bertz CT molecular complexity index is 215. The van der Waals surface area contributed by atoms with E-state index in [0.717, 1.165) is 17.7 Å². The average molecular weight is 216 g/mol. The Kier molecular flexibility index (Phi) is 13.2. The van der Waals surface area contributed by atoms with Gasteiger partial charge in [-0.05, 0) is 30.1 Å². The van der Waals surface area contributed by atoms with Crippen LogP contribution < -0.4 is 10.5 Å². The van der Waals surface area contributed by atoms with Gasteiger partial charge < -0.3 is 15.2 Å². The Morgan fingerprint density at radius 2 is 2.00 bits per heavy atom. The van der Waals surface area contributed by atoms with Crippen molar-refractivity contribution in [3.63, 3.8) is 0 Å². The lowest BCUT2D eigenvalue weighted by molar-refractivity contribution is -0.0979. The molecule has 4 N–H and O–H groups in total. The van der Waals surface area contributed by atoms with Gasteiger partial charge in [-0.15, -0.1) is 0 Å². The van der Waals surface area contributed by atoms with Crippen molar-refractivity contribution in [1.29, 1.82) is 0 Å². The van der Waals surface area contributed by atoms with Crippen LogP contribution in [0.4, 0.5) is 5.69 Å². The number of hydrogen-bond donors (Lipinski definition) is 3. The van der Waals surface area contributed by atoms with Gasteiger partial charge in [0.05, 0.1) is 0 Å². The number of aliphatic hydroxyl groups is 1. The Morgan fingerprint density at radius 1 is 1.43 bits per heavy atom. The quantitative estimate of drug-likeness (QED) is 0.646. The van der Waals surface area contributed by atoms with Crippen LogP contribution in [0.5, 0.6) is 0 Å². The molecule has 0 unspecified atom stereocenters. The first-order valence-corrected chi connectivity index (χ1v) is 4.63. The van der Waals surface area contributed by atoms with E-state index in [1.165, 1.54) is 11.9 Å². The second-order valence-corrected chi connectivity index (χ2v) is 2.60. The van der Waals surface area contributed by atoms with Crippen molar-refractivity contribution in [3.8, 4) is 0 Å². The summed E-state index contributed by atoms with van der Waals surface area (Å²) in [7, 11) is 2.89. The van der Waals surface area contributed by atoms with Crippen molar-refractivity contribution in [3.05, 3.63) is 24.3 Å². The lowest BCUT2D eigenvalue weighted by Gasteiger charge is -2.00. The summed E-state index contributed by atoms with van der Waals surface area (Å²) in [6.45, 7) is 2.00. The molecule has 1 aromatic carbocycles. The van der Waals surface area contributed by atoms with Gasteiger partial charge in [0.1, 0.15) is 6.79 Å². The maximum Gasteiger partial charge on any atom is 0.106 e. The fourth-order valence-corrected chi connectivity index (χ4v) is 1.08. The second-order valence-electron chi connectivity index (χ2n) is 1.90. The predicted octanol–water partition coefficient (Wildman–Crippen LogP) is 1.12. The van der Waals surface area contributed by atoms with Crippen LogP contribution in [-0.2, 0) is 4.79 Å². The number of nitrogens with one attached hydrogen (secondary N) is 1. The Labute approximate surface area is 88.6 Å². The number of rotatable bonds is 2. The van der Waals surface area contributed by atoms with Gasteiger partial charge in [-0.25, -0.2) is 0 Å². The third-order valence-corrected chi connectivity index (χ3v) is 1.78. The van der Waals surface area contributed by atoms with Gasteiger partial charge >= 0.3 is 0 Å². The molecule has 0 aromatic heterocycles. The highest BCUT2D eigenvalue weighted by atomic mass is 32.2. The van der Waals surface area contributed by atoms with Crippen LogP contribution in [0.2, 0.25) is 0 Å². The summed E-state index contributed by atoms with van der Waals surface area (Å²) in [5.74, 6) is 0. The molecule has 0 saturated carbocycles. The average Bonchev–Trinajstić information content (AvgIpc) is 2.34. The molecule has 5 heteroatoms. The normalized spacial score (nSPS) is 7.43. The third-order valence-electron chi connectivity index (χ3n) is 1.26. The molecule has 0 radical (unpaired) electrons. The van der Waals surface area contributed by atoms with Crippen molar-refractivity contribution in [2.24, 2.45) is 5.14 Å². The maximum absolute atomic E-state index is 8.00. The molecule has 0 aliphatic rings. The summed E-state index contributed by atoms with van der Waals surface area (Å²) >= 11 is 1.26. The van der Waals surface area contributed by atoms with E-state index in [-0.39, 0.29) is 0 Å². The molecule has 0 aliphatic heterocycles. The maximum atomic E-state index is 8.00. The molecule has 0 atom stereocenters. The molecule has 1 aromatic rings. The molecule has 80 valence electrons. The third kappa shape index (κ3) is 6.47. The number of anilines is 1. The van der Waals surface area contributed by atoms with E-state index >= 15 is 0 Å². The summed E-state index contributed by atoms with van der Waals surface area (Å²) in [4.78, 5) is 9.08. The molecule has 4 nitrogen and oxygen atoms in total. The number of carbonyl (C=O) groups is 1. The van der Waals surface area contributed by atoms with E-state index in [0.29, 0.717) is 0 Å². The van der Waals surface area contributed by atoms with Gasteiger partial charge in [-0.2, -0.15) is 0 Å². The fourth-order valence-electron chi connectivity index (χ4n) is 0.725. The molecular weight excluding hydrogens is 200 g/mol. The van der Waals surface area contributed by atoms with E-state index in [9.17, 15) is 0 Å². The zero-order valence-electron chi connectivity index (χ0n) is 8.36. The number of benzene rings is 1. The highest BCUT2D eigenvalue weighted by Gasteiger charge is 1.89. The number of carbonyl (C=O) groups excluding carboxylic acids is 1. The van der Waals surface area contributed by atoms with Gasteiger partial charge in [0.25, 0.3) is 0 Å². The van der Waals surface area contributed by atoms with Gasteiger partial charge in [0, 0.05) is 24.7 Å². The summed E-state index contributed by atoms with van der Waals surface area (Å²) in [6.07, 6.45) is 0. The summed E-state index contributed by atoms with van der Waals surface area (Å²) in [5, 5.41) is 15.4. The highest BCUT2D eigenvalue weighted by Crippen LogP contribution is 2.15. The van der Waals surface area contributed by atoms with Gasteiger partial charge in [0.2, 0.25) is 0 Å². The van der Waals surface area contributed by atoms with Crippen molar-refractivity contribution < 1.29 is 9.90 Å². The van der Waals surface area contributed by atoms with Gasteiger partial charge in [0.15, 0.2) is 0 Å². The first-order chi connectivity index (χ1) is 6.86. The number of nitrogens with two attached hydrogens (primary N) is 1. The van der Waals surface area contributed by atoms with E-state index in [4.69, 9.17) is 15.0 Å². The van der Waals surface area contributed by atoms with E-state index < -0.39 is 0 Å². The standard InChI is InChI=1S/C7H10N2S.CH4O.CH2O/c1-9-6-3-2-4-7(5-6)10-8;2*1-2/h2-5,9H,8H2,1H3;2H,1H3;1H2. The van der Waals surface area contributed by atoms with Gasteiger partial charge in [-0.3, -0.25) is 5.14 Å². The Hall–Kier alpha value is -1.04. The number of hydrogen-bond acceptors (Lipinski definition) is 5. The monoisotopic (exact) mass is 216 g/mol. The Morgan fingerprint density at radius 3 is 2.43 bits per heavy atom. The van der Waals surface area contributed by atoms with E-state index in [2.05, 4.69) is 5.32 Å². The lowest BCUT2D eigenvalue weighted by Crippen LogP contribution is -1.87. The molecule has 0 aliphatic carbocycles. The molecule has 0 spiro atoms. The van der Waals surface area contributed by atoms with E-state index in [1.807, 2.05) is 38.1 Å². The highest BCUT2D eigenvalue weighted by molar-refractivity contribution is 7.97.